The average molecular weight is 417 g/mol. The first-order valence-corrected chi connectivity index (χ1v) is 10.3. The summed E-state index contributed by atoms with van der Waals surface area (Å²) in [5, 5.41) is 3.33. The van der Waals surface area contributed by atoms with E-state index in [9.17, 15) is 9.18 Å². The molecule has 0 aliphatic heterocycles. The number of hydrogen-bond acceptors (Lipinski definition) is 5. The van der Waals surface area contributed by atoms with Crippen LogP contribution in [-0.2, 0) is 6.54 Å². The van der Waals surface area contributed by atoms with E-state index in [0.717, 1.165) is 11.3 Å². The Morgan fingerprint density at radius 3 is 2.68 bits per heavy atom. The van der Waals surface area contributed by atoms with Gasteiger partial charge in [0.2, 0.25) is 5.78 Å². The lowest BCUT2D eigenvalue weighted by Gasteiger charge is -2.29. The quantitative estimate of drug-likeness (QED) is 0.544. The van der Waals surface area contributed by atoms with Crippen LogP contribution in [0.2, 0.25) is 0 Å². The van der Waals surface area contributed by atoms with E-state index in [-0.39, 0.29) is 29.2 Å². The minimum absolute atomic E-state index is 0.167. The van der Waals surface area contributed by atoms with E-state index < -0.39 is 6.04 Å². The number of pyridine rings is 1. The minimum Gasteiger partial charge on any atom is -0.437 e. The van der Waals surface area contributed by atoms with Crippen LogP contribution < -0.4 is 5.32 Å². The SMILES string of the molecule is Cc1nc(-c2ccccc2)c(C(=O)C(NCc2ccccn2)C2C=CC(F)=CC2C)o1. The molecule has 0 spiro atoms. The molecule has 3 atom stereocenters. The van der Waals surface area contributed by atoms with Gasteiger partial charge in [-0.3, -0.25) is 9.78 Å². The fourth-order valence-corrected chi connectivity index (χ4v) is 3.86. The van der Waals surface area contributed by atoms with Gasteiger partial charge in [-0.1, -0.05) is 49.4 Å². The molecule has 0 saturated heterocycles. The summed E-state index contributed by atoms with van der Waals surface area (Å²) in [5.74, 6) is -0.293. The molecule has 2 heterocycles. The second-order valence-electron chi connectivity index (χ2n) is 7.67. The summed E-state index contributed by atoms with van der Waals surface area (Å²) in [7, 11) is 0. The number of oxazole rings is 1. The standard InChI is InChI=1S/C25H24FN3O2/c1-16-14-19(26)11-12-21(16)23(28-15-20-10-6-7-13-27-20)24(30)25-22(29-17(2)31-25)18-8-4-3-5-9-18/h3-14,16,21,23,28H,15H2,1-2H3. The lowest BCUT2D eigenvalue weighted by Crippen LogP contribution is -2.44. The Kier molecular flexibility index (Phi) is 6.18. The van der Waals surface area contributed by atoms with Crippen molar-refractivity contribution in [3.8, 4) is 11.3 Å². The van der Waals surface area contributed by atoms with Crippen molar-refractivity contribution in [2.45, 2.75) is 26.4 Å². The molecule has 4 rings (SSSR count). The zero-order valence-electron chi connectivity index (χ0n) is 17.5. The Labute approximate surface area is 180 Å². The Hall–Kier alpha value is -3.38. The summed E-state index contributed by atoms with van der Waals surface area (Å²) in [6, 6.07) is 14.5. The molecule has 1 aliphatic rings. The Morgan fingerprint density at radius 2 is 1.97 bits per heavy atom. The first kappa shape index (κ1) is 20.9. The monoisotopic (exact) mass is 417 g/mol. The number of nitrogens with zero attached hydrogens (tertiary/aromatic N) is 2. The van der Waals surface area contributed by atoms with E-state index in [1.807, 2.05) is 55.5 Å². The summed E-state index contributed by atoms with van der Waals surface area (Å²) in [6.45, 7) is 4.02. The number of aromatic nitrogens is 2. The third-order valence-corrected chi connectivity index (χ3v) is 5.41. The maximum absolute atomic E-state index is 13.8. The van der Waals surface area contributed by atoms with Crippen molar-refractivity contribution in [1.82, 2.24) is 15.3 Å². The van der Waals surface area contributed by atoms with Crippen LogP contribution in [0.3, 0.4) is 0 Å². The van der Waals surface area contributed by atoms with E-state index >= 15 is 0 Å². The highest BCUT2D eigenvalue weighted by Crippen LogP contribution is 2.31. The number of ketones is 1. The van der Waals surface area contributed by atoms with Crippen LogP contribution >= 0.6 is 0 Å². The third kappa shape index (κ3) is 4.70. The molecule has 3 aromatic rings. The smallest absolute Gasteiger partial charge is 0.217 e. The largest absolute Gasteiger partial charge is 0.437 e. The van der Waals surface area contributed by atoms with Crippen LogP contribution in [0.4, 0.5) is 4.39 Å². The Bertz CT molecular complexity index is 1110. The maximum atomic E-state index is 13.8. The first-order chi connectivity index (χ1) is 15.0. The Balaban J connectivity index is 1.68. The van der Waals surface area contributed by atoms with Gasteiger partial charge in [0.05, 0.1) is 11.7 Å². The molecule has 0 saturated carbocycles. The topological polar surface area (TPSA) is 68.0 Å². The zero-order chi connectivity index (χ0) is 21.8. The normalized spacial score (nSPS) is 19.1. The van der Waals surface area contributed by atoms with Gasteiger partial charge in [-0.2, -0.15) is 0 Å². The highest BCUT2D eigenvalue weighted by atomic mass is 19.1. The number of allylic oxidation sites excluding steroid dienone is 3. The van der Waals surface area contributed by atoms with E-state index in [0.29, 0.717) is 18.1 Å². The average Bonchev–Trinajstić information content (AvgIpc) is 3.18. The van der Waals surface area contributed by atoms with Crippen molar-refractivity contribution in [2.75, 3.05) is 0 Å². The number of aryl methyl sites for hydroxylation is 1. The van der Waals surface area contributed by atoms with Crippen LogP contribution in [0.5, 0.6) is 0 Å². The predicted octanol–water partition coefficient (Wildman–Crippen LogP) is 5.06. The molecular formula is C25H24FN3O2. The molecule has 31 heavy (non-hydrogen) atoms. The number of nitrogens with one attached hydrogen (secondary N) is 1. The third-order valence-electron chi connectivity index (χ3n) is 5.41. The number of carbonyl (C=O) groups is 1. The van der Waals surface area contributed by atoms with E-state index in [1.54, 1.807) is 19.2 Å². The molecule has 158 valence electrons. The second kappa shape index (κ2) is 9.18. The van der Waals surface area contributed by atoms with E-state index in [1.165, 1.54) is 12.2 Å². The van der Waals surface area contributed by atoms with Crippen molar-refractivity contribution in [2.24, 2.45) is 11.8 Å². The molecule has 5 nitrogen and oxygen atoms in total. The Morgan fingerprint density at radius 1 is 1.19 bits per heavy atom. The van der Waals surface area contributed by atoms with Gasteiger partial charge in [0.15, 0.2) is 11.7 Å². The van der Waals surface area contributed by atoms with Crippen LogP contribution in [-0.4, -0.2) is 21.8 Å². The number of carbonyl (C=O) groups excluding carboxylic acids is 1. The molecule has 1 aliphatic carbocycles. The van der Waals surface area contributed by atoms with Gasteiger partial charge in [-0.25, -0.2) is 9.37 Å². The van der Waals surface area contributed by atoms with Gasteiger partial charge in [0, 0.05) is 31.1 Å². The summed E-state index contributed by atoms with van der Waals surface area (Å²) in [4.78, 5) is 22.5. The summed E-state index contributed by atoms with van der Waals surface area (Å²) < 4.78 is 19.5. The highest BCUT2D eigenvalue weighted by molar-refractivity contribution is 6.02. The van der Waals surface area contributed by atoms with Crippen LogP contribution in [0.25, 0.3) is 11.3 Å². The molecule has 6 heteroatoms. The molecule has 0 radical (unpaired) electrons. The van der Waals surface area contributed by atoms with Gasteiger partial charge >= 0.3 is 0 Å². The summed E-state index contributed by atoms with van der Waals surface area (Å²) in [5.41, 5.74) is 2.14. The zero-order valence-corrected chi connectivity index (χ0v) is 17.5. The molecular weight excluding hydrogens is 393 g/mol. The van der Waals surface area contributed by atoms with E-state index in [2.05, 4.69) is 15.3 Å². The fourth-order valence-electron chi connectivity index (χ4n) is 3.86. The molecule has 2 aromatic heterocycles. The molecule has 1 N–H and O–H groups in total. The minimum atomic E-state index is -0.632. The van der Waals surface area contributed by atoms with Crippen molar-refractivity contribution < 1.29 is 13.6 Å². The van der Waals surface area contributed by atoms with Crippen molar-refractivity contribution in [1.29, 1.82) is 0 Å². The lowest BCUT2D eigenvalue weighted by molar-refractivity contribution is 0.0877. The van der Waals surface area contributed by atoms with Crippen LogP contribution in [0, 0.1) is 18.8 Å². The molecule has 0 amide bonds. The summed E-state index contributed by atoms with van der Waals surface area (Å²) in [6.07, 6.45) is 6.41. The van der Waals surface area contributed by atoms with Crippen LogP contribution in [0.15, 0.2) is 83.2 Å². The molecule has 0 bridgehead atoms. The maximum Gasteiger partial charge on any atom is 0.217 e. The van der Waals surface area contributed by atoms with Gasteiger partial charge in [0.25, 0.3) is 0 Å². The fraction of sp³-hybridized carbons (Fsp3) is 0.240. The first-order valence-electron chi connectivity index (χ1n) is 10.3. The second-order valence-corrected chi connectivity index (χ2v) is 7.67. The van der Waals surface area contributed by atoms with Gasteiger partial charge in [-0.15, -0.1) is 0 Å². The van der Waals surface area contributed by atoms with Crippen LogP contribution in [0.1, 0.15) is 29.1 Å². The number of Topliss-reactive ketones (excluding diaryl/α,β-unsaturated/α-hetero) is 1. The van der Waals surface area contributed by atoms with Gasteiger partial charge in [0.1, 0.15) is 11.5 Å². The molecule has 1 aromatic carbocycles. The summed E-state index contributed by atoms with van der Waals surface area (Å²) >= 11 is 0. The van der Waals surface area contributed by atoms with Crippen molar-refractivity contribution >= 4 is 5.78 Å². The predicted molar refractivity (Wildman–Crippen MR) is 117 cm³/mol. The number of rotatable bonds is 7. The van der Waals surface area contributed by atoms with Crippen molar-refractivity contribution in [3.63, 3.8) is 0 Å². The number of hydrogen-bond donors (Lipinski definition) is 1. The molecule has 0 fully saturated rings. The van der Waals surface area contributed by atoms with Gasteiger partial charge < -0.3 is 9.73 Å². The number of halogens is 1. The molecule has 3 unspecified atom stereocenters. The van der Waals surface area contributed by atoms with Gasteiger partial charge in [-0.05, 0) is 30.2 Å². The van der Waals surface area contributed by atoms with E-state index in [4.69, 9.17) is 4.42 Å². The highest BCUT2D eigenvalue weighted by Gasteiger charge is 2.35. The number of benzene rings is 1. The van der Waals surface area contributed by atoms with Crippen molar-refractivity contribution in [3.05, 3.63) is 96.1 Å². The lowest BCUT2D eigenvalue weighted by atomic mass is 9.81.